The topological polar surface area (TPSA) is 80.9 Å². The smallest absolute Gasteiger partial charge is 0.327 e. The van der Waals surface area contributed by atoms with Crippen LogP contribution in [0.3, 0.4) is 0 Å². The highest BCUT2D eigenvalue weighted by molar-refractivity contribution is 5.82. The van der Waals surface area contributed by atoms with Gasteiger partial charge in [-0.2, -0.15) is 0 Å². The Hall–Kier alpha value is -2.76. The third-order valence-electron chi connectivity index (χ3n) is 3.75. The van der Waals surface area contributed by atoms with E-state index < -0.39 is 12.0 Å². The zero-order valence-electron chi connectivity index (χ0n) is 13.3. The number of hydrogen-bond donors (Lipinski definition) is 1. The van der Waals surface area contributed by atoms with Crippen molar-refractivity contribution in [2.45, 2.75) is 26.8 Å². The molecule has 0 spiro atoms. The minimum absolute atomic E-state index is 0.108. The first-order valence-corrected chi connectivity index (χ1v) is 7.47. The van der Waals surface area contributed by atoms with Crippen LogP contribution in [-0.4, -0.2) is 30.6 Å². The maximum Gasteiger partial charge on any atom is 0.327 e. The third-order valence-corrected chi connectivity index (χ3v) is 3.75. The largest absolute Gasteiger partial charge is 0.480 e. The lowest BCUT2D eigenvalue weighted by Gasteiger charge is -2.20. The number of aryl methyl sites for hydroxylation is 1. The molecule has 0 fully saturated rings. The SMILES string of the molecule is Cc1cnc2c(c1)nc(-c1cccnc1)n2C(C(=O)O)C(C)C. The maximum absolute atomic E-state index is 11.8. The fraction of sp³-hybridized carbons (Fsp3) is 0.294. The van der Waals surface area contributed by atoms with Gasteiger partial charge >= 0.3 is 5.97 Å². The van der Waals surface area contributed by atoms with Crippen LogP contribution < -0.4 is 0 Å². The molecule has 0 aliphatic carbocycles. The first kappa shape index (κ1) is 15.1. The molecule has 6 heteroatoms. The zero-order valence-corrected chi connectivity index (χ0v) is 13.3. The number of aromatic nitrogens is 4. The van der Waals surface area contributed by atoms with Crippen molar-refractivity contribution < 1.29 is 9.90 Å². The predicted octanol–water partition coefficient (Wildman–Crippen LogP) is 3.08. The van der Waals surface area contributed by atoms with Crippen molar-refractivity contribution in [2.24, 2.45) is 5.92 Å². The molecular weight excluding hydrogens is 292 g/mol. The average Bonchev–Trinajstić information content (AvgIpc) is 2.86. The van der Waals surface area contributed by atoms with Gasteiger partial charge < -0.3 is 5.11 Å². The molecule has 0 amide bonds. The fourth-order valence-corrected chi connectivity index (χ4v) is 2.74. The van der Waals surface area contributed by atoms with Crippen molar-refractivity contribution in [3.05, 3.63) is 42.4 Å². The maximum atomic E-state index is 11.8. The molecule has 6 nitrogen and oxygen atoms in total. The number of fused-ring (bicyclic) bond motifs is 1. The summed E-state index contributed by atoms with van der Waals surface area (Å²) in [7, 11) is 0. The van der Waals surface area contributed by atoms with Gasteiger partial charge in [-0.05, 0) is 36.6 Å². The molecule has 0 radical (unpaired) electrons. The number of aliphatic carboxylic acids is 1. The minimum Gasteiger partial charge on any atom is -0.480 e. The molecule has 0 aliphatic heterocycles. The van der Waals surface area contributed by atoms with Crippen LogP contribution in [0, 0.1) is 12.8 Å². The molecule has 0 saturated heterocycles. The Labute approximate surface area is 133 Å². The molecule has 1 atom stereocenters. The van der Waals surface area contributed by atoms with Crippen LogP contribution in [0.4, 0.5) is 0 Å². The van der Waals surface area contributed by atoms with E-state index in [0.717, 1.165) is 11.1 Å². The fourth-order valence-electron chi connectivity index (χ4n) is 2.74. The lowest BCUT2D eigenvalue weighted by molar-refractivity contribution is -0.142. The zero-order chi connectivity index (χ0) is 16.6. The number of imidazole rings is 1. The highest BCUT2D eigenvalue weighted by Gasteiger charge is 2.29. The Morgan fingerprint density at radius 3 is 2.70 bits per heavy atom. The molecule has 0 aromatic carbocycles. The van der Waals surface area contributed by atoms with Crippen molar-refractivity contribution in [3.63, 3.8) is 0 Å². The summed E-state index contributed by atoms with van der Waals surface area (Å²) in [4.78, 5) is 25.0. The lowest BCUT2D eigenvalue weighted by atomic mass is 10.0. The van der Waals surface area contributed by atoms with Crippen LogP contribution in [-0.2, 0) is 4.79 Å². The summed E-state index contributed by atoms with van der Waals surface area (Å²) in [6.45, 7) is 5.70. The average molecular weight is 310 g/mol. The van der Waals surface area contributed by atoms with Gasteiger partial charge in [0.05, 0.1) is 0 Å². The van der Waals surface area contributed by atoms with E-state index in [1.54, 1.807) is 23.2 Å². The van der Waals surface area contributed by atoms with Crippen molar-refractivity contribution in [2.75, 3.05) is 0 Å². The summed E-state index contributed by atoms with van der Waals surface area (Å²) >= 11 is 0. The van der Waals surface area contributed by atoms with Gasteiger partial charge in [-0.15, -0.1) is 0 Å². The van der Waals surface area contributed by atoms with Crippen LogP contribution >= 0.6 is 0 Å². The van der Waals surface area contributed by atoms with Crippen LogP contribution in [0.2, 0.25) is 0 Å². The van der Waals surface area contributed by atoms with E-state index in [1.807, 2.05) is 39.0 Å². The Morgan fingerprint density at radius 1 is 1.30 bits per heavy atom. The quantitative estimate of drug-likeness (QED) is 0.801. The Bertz CT molecular complexity index is 856. The molecule has 118 valence electrons. The number of nitrogens with zero attached hydrogens (tertiary/aromatic N) is 4. The summed E-state index contributed by atoms with van der Waals surface area (Å²) in [5.74, 6) is -0.428. The van der Waals surface area contributed by atoms with E-state index in [4.69, 9.17) is 0 Å². The third kappa shape index (κ3) is 2.67. The predicted molar refractivity (Wildman–Crippen MR) is 87.0 cm³/mol. The Morgan fingerprint density at radius 2 is 2.09 bits per heavy atom. The van der Waals surface area contributed by atoms with Crippen molar-refractivity contribution in [1.29, 1.82) is 0 Å². The van der Waals surface area contributed by atoms with E-state index in [1.165, 1.54) is 0 Å². The van der Waals surface area contributed by atoms with E-state index >= 15 is 0 Å². The first-order valence-electron chi connectivity index (χ1n) is 7.47. The van der Waals surface area contributed by atoms with Gasteiger partial charge in [-0.25, -0.2) is 14.8 Å². The standard InChI is InChI=1S/C17H18N4O2/c1-10(2)14(17(22)23)21-15(12-5-4-6-18-9-12)20-13-7-11(3)8-19-16(13)21/h4-10,14H,1-3H3,(H,22,23). The molecule has 0 aliphatic rings. The highest BCUT2D eigenvalue weighted by Crippen LogP contribution is 2.31. The van der Waals surface area contributed by atoms with Crippen LogP contribution in [0.5, 0.6) is 0 Å². The molecule has 3 heterocycles. The number of pyridine rings is 2. The normalized spacial score (nSPS) is 12.7. The van der Waals surface area contributed by atoms with Gasteiger partial charge in [-0.3, -0.25) is 9.55 Å². The Balaban J connectivity index is 2.34. The van der Waals surface area contributed by atoms with Gasteiger partial charge in [-0.1, -0.05) is 13.8 Å². The minimum atomic E-state index is -0.896. The van der Waals surface area contributed by atoms with Gasteiger partial charge in [0.1, 0.15) is 17.4 Å². The summed E-state index contributed by atoms with van der Waals surface area (Å²) in [5, 5.41) is 9.71. The Kier molecular flexibility index (Phi) is 3.82. The van der Waals surface area contributed by atoms with Crippen LogP contribution in [0.15, 0.2) is 36.8 Å². The van der Waals surface area contributed by atoms with Crippen molar-refractivity contribution in [3.8, 4) is 11.4 Å². The van der Waals surface area contributed by atoms with E-state index in [0.29, 0.717) is 17.0 Å². The number of hydrogen-bond acceptors (Lipinski definition) is 4. The van der Waals surface area contributed by atoms with Gasteiger partial charge in [0.15, 0.2) is 5.65 Å². The highest BCUT2D eigenvalue weighted by atomic mass is 16.4. The number of carboxylic acids is 1. The monoisotopic (exact) mass is 310 g/mol. The second kappa shape index (κ2) is 5.79. The number of carboxylic acid groups (broad SMARTS) is 1. The molecule has 23 heavy (non-hydrogen) atoms. The van der Waals surface area contributed by atoms with Gasteiger partial charge in [0, 0.05) is 24.2 Å². The molecule has 0 saturated carbocycles. The molecule has 3 aromatic heterocycles. The molecular formula is C17H18N4O2. The first-order chi connectivity index (χ1) is 11.0. The molecule has 1 unspecified atom stereocenters. The molecule has 3 aromatic rings. The second-order valence-electron chi connectivity index (χ2n) is 5.93. The van der Waals surface area contributed by atoms with Gasteiger partial charge in [0.25, 0.3) is 0 Å². The van der Waals surface area contributed by atoms with E-state index in [9.17, 15) is 9.90 Å². The van der Waals surface area contributed by atoms with Crippen LogP contribution in [0.1, 0.15) is 25.5 Å². The van der Waals surface area contributed by atoms with E-state index in [2.05, 4.69) is 15.0 Å². The van der Waals surface area contributed by atoms with Crippen molar-refractivity contribution >= 4 is 17.1 Å². The lowest BCUT2D eigenvalue weighted by Crippen LogP contribution is -2.25. The molecule has 0 bridgehead atoms. The number of rotatable bonds is 4. The summed E-state index contributed by atoms with van der Waals surface area (Å²) in [6.07, 6.45) is 5.09. The molecule has 3 rings (SSSR count). The summed E-state index contributed by atoms with van der Waals surface area (Å²) < 4.78 is 1.71. The number of carbonyl (C=O) groups is 1. The summed E-state index contributed by atoms with van der Waals surface area (Å²) in [5.41, 5.74) is 3.03. The summed E-state index contributed by atoms with van der Waals surface area (Å²) in [6, 6.07) is 4.85. The van der Waals surface area contributed by atoms with Gasteiger partial charge in [0.2, 0.25) is 0 Å². The second-order valence-corrected chi connectivity index (χ2v) is 5.93. The van der Waals surface area contributed by atoms with Crippen molar-refractivity contribution in [1.82, 2.24) is 19.5 Å². The van der Waals surface area contributed by atoms with Crippen LogP contribution in [0.25, 0.3) is 22.6 Å². The molecule has 1 N–H and O–H groups in total. The van der Waals surface area contributed by atoms with E-state index in [-0.39, 0.29) is 5.92 Å².